The topological polar surface area (TPSA) is 88.7 Å². The molecule has 0 saturated heterocycles. The first-order valence-electron chi connectivity index (χ1n) is 11.0. The zero-order valence-electron chi connectivity index (χ0n) is 18.9. The number of nitrogens with one attached hydrogen (secondary N) is 3. The van der Waals surface area contributed by atoms with E-state index in [1.54, 1.807) is 54.6 Å². The molecule has 2 amide bonds. The standard InChI is InChI=1S/C26H27N3O4S/c1-2-3-16-32-23-15-8-7-14-22(23)25(31)29-26(34)28-20-11-9-10-19(17-20)27-24(30)18-33-21-12-5-4-6-13-21/h4-15,17H,2-3,16,18H2,1H3,(H,27,30)(H2,28,29,31,34). The second-order valence-electron chi connectivity index (χ2n) is 7.34. The Morgan fingerprint density at radius 2 is 1.56 bits per heavy atom. The van der Waals surface area contributed by atoms with Crippen LogP contribution in [0.3, 0.4) is 0 Å². The molecule has 0 saturated carbocycles. The highest BCUT2D eigenvalue weighted by Gasteiger charge is 2.14. The SMILES string of the molecule is CCCCOc1ccccc1C(=O)NC(=S)Nc1cccc(NC(=O)COc2ccccc2)c1. The Bertz CT molecular complexity index is 1120. The third-order valence-electron chi connectivity index (χ3n) is 4.63. The monoisotopic (exact) mass is 477 g/mol. The molecule has 0 aromatic heterocycles. The van der Waals surface area contributed by atoms with Gasteiger partial charge in [-0.1, -0.05) is 49.7 Å². The normalized spacial score (nSPS) is 10.1. The van der Waals surface area contributed by atoms with Crippen LogP contribution in [0.1, 0.15) is 30.1 Å². The molecule has 3 N–H and O–H groups in total. The van der Waals surface area contributed by atoms with Gasteiger partial charge in [-0.2, -0.15) is 0 Å². The molecule has 176 valence electrons. The number of unbranched alkanes of at least 4 members (excludes halogenated alkanes) is 1. The van der Waals surface area contributed by atoms with Gasteiger partial charge in [0.25, 0.3) is 11.8 Å². The third-order valence-corrected chi connectivity index (χ3v) is 4.84. The van der Waals surface area contributed by atoms with Gasteiger partial charge >= 0.3 is 0 Å². The van der Waals surface area contributed by atoms with E-state index in [-0.39, 0.29) is 23.5 Å². The van der Waals surface area contributed by atoms with Gasteiger partial charge in [0.15, 0.2) is 11.7 Å². The van der Waals surface area contributed by atoms with Crippen LogP contribution in [0.5, 0.6) is 11.5 Å². The van der Waals surface area contributed by atoms with Crippen molar-refractivity contribution in [3.8, 4) is 11.5 Å². The summed E-state index contributed by atoms with van der Waals surface area (Å²) >= 11 is 5.30. The number of thiocarbonyl (C=S) groups is 1. The fraction of sp³-hybridized carbons (Fsp3) is 0.192. The molecular formula is C26H27N3O4S. The van der Waals surface area contributed by atoms with Crippen molar-refractivity contribution < 1.29 is 19.1 Å². The Morgan fingerprint density at radius 3 is 2.32 bits per heavy atom. The second kappa shape index (κ2) is 13.0. The number of hydrogen-bond donors (Lipinski definition) is 3. The molecule has 3 aromatic rings. The van der Waals surface area contributed by atoms with E-state index in [0.717, 1.165) is 12.8 Å². The molecule has 0 aliphatic carbocycles. The van der Waals surface area contributed by atoms with Crippen molar-refractivity contribution in [2.45, 2.75) is 19.8 Å². The summed E-state index contributed by atoms with van der Waals surface area (Å²) in [5.41, 5.74) is 1.58. The van der Waals surface area contributed by atoms with Gasteiger partial charge in [0.2, 0.25) is 0 Å². The van der Waals surface area contributed by atoms with Gasteiger partial charge in [0.1, 0.15) is 11.5 Å². The smallest absolute Gasteiger partial charge is 0.262 e. The fourth-order valence-corrected chi connectivity index (χ4v) is 3.19. The highest BCUT2D eigenvalue weighted by molar-refractivity contribution is 7.80. The summed E-state index contributed by atoms with van der Waals surface area (Å²) in [5.74, 6) is 0.467. The van der Waals surface area contributed by atoms with Crippen molar-refractivity contribution in [3.63, 3.8) is 0 Å². The van der Waals surface area contributed by atoms with E-state index in [9.17, 15) is 9.59 Å². The molecular weight excluding hydrogens is 450 g/mol. The van der Waals surface area contributed by atoms with E-state index >= 15 is 0 Å². The Hall–Kier alpha value is -3.91. The number of amides is 2. The maximum atomic E-state index is 12.7. The van der Waals surface area contributed by atoms with Crippen LogP contribution in [0.4, 0.5) is 11.4 Å². The van der Waals surface area contributed by atoms with Gasteiger partial charge in [0, 0.05) is 11.4 Å². The van der Waals surface area contributed by atoms with Crippen LogP contribution in [0.25, 0.3) is 0 Å². The van der Waals surface area contributed by atoms with E-state index in [4.69, 9.17) is 21.7 Å². The van der Waals surface area contributed by atoms with Gasteiger partial charge < -0.3 is 20.1 Å². The summed E-state index contributed by atoms with van der Waals surface area (Å²) < 4.78 is 11.2. The number of hydrogen-bond acceptors (Lipinski definition) is 5. The van der Waals surface area contributed by atoms with Gasteiger partial charge in [-0.15, -0.1) is 0 Å². The van der Waals surface area contributed by atoms with Gasteiger partial charge in [0.05, 0.1) is 12.2 Å². The average Bonchev–Trinajstić information content (AvgIpc) is 2.84. The second-order valence-corrected chi connectivity index (χ2v) is 7.75. The van der Waals surface area contributed by atoms with Crippen molar-refractivity contribution in [1.82, 2.24) is 5.32 Å². The number of benzene rings is 3. The summed E-state index contributed by atoms with van der Waals surface area (Å²) in [6.07, 6.45) is 1.91. The minimum Gasteiger partial charge on any atom is -0.493 e. The van der Waals surface area contributed by atoms with Crippen LogP contribution < -0.4 is 25.4 Å². The first kappa shape index (κ1) is 24.7. The summed E-state index contributed by atoms with van der Waals surface area (Å²) in [6, 6.07) is 23.1. The number of anilines is 2. The van der Waals surface area contributed by atoms with E-state index in [1.165, 1.54) is 0 Å². The quantitative estimate of drug-likeness (QED) is 0.281. The molecule has 3 aromatic carbocycles. The van der Waals surface area contributed by atoms with Crippen molar-refractivity contribution in [1.29, 1.82) is 0 Å². The summed E-state index contributed by atoms with van der Waals surface area (Å²) in [4.78, 5) is 24.9. The van der Waals surface area contributed by atoms with Crippen molar-refractivity contribution >= 4 is 40.5 Å². The molecule has 0 heterocycles. The summed E-state index contributed by atoms with van der Waals surface area (Å²) in [7, 11) is 0. The Kier molecular flexibility index (Phi) is 9.42. The van der Waals surface area contributed by atoms with Crippen LogP contribution in [0, 0.1) is 0 Å². The zero-order valence-corrected chi connectivity index (χ0v) is 19.7. The van der Waals surface area contributed by atoms with Gasteiger partial charge in [-0.05, 0) is 61.1 Å². The minimum atomic E-state index is -0.368. The molecule has 0 aliphatic heterocycles. The molecule has 0 spiro atoms. The van der Waals surface area contributed by atoms with Crippen molar-refractivity contribution in [2.75, 3.05) is 23.8 Å². The lowest BCUT2D eigenvalue weighted by Crippen LogP contribution is -2.34. The van der Waals surface area contributed by atoms with Crippen LogP contribution in [0.2, 0.25) is 0 Å². The van der Waals surface area contributed by atoms with Gasteiger partial charge in [-0.25, -0.2) is 0 Å². The molecule has 3 rings (SSSR count). The molecule has 0 atom stereocenters. The van der Waals surface area contributed by atoms with Crippen LogP contribution >= 0.6 is 12.2 Å². The van der Waals surface area contributed by atoms with Crippen LogP contribution in [-0.2, 0) is 4.79 Å². The maximum Gasteiger partial charge on any atom is 0.262 e. The molecule has 7 nitrogen and oxygen atoms in total. The molecule has 0 aliphatic rings. The third kappa shape index (κ3) is 7.90. The molecule has 0 bridgehead atoms. The van der Waals surface area contributed by atoms with Gasteiger partial charge in [-0.3, -0.25) is 14.9 Å². The highest BCUT2D eigenvalue weighted by Crippen LogP contribution is 2.19. The number of carbonyl (C=O) groups is 2. The van der Waals surface area contributed by atoms with E-state index in [2.05, 4.69) is 22.9 Å². The zero-order chi connectivity index (χ0) is 24.2. The number of carbonyl (C=O) groups excluding carboxylic acids is 2. The highest BCUT2D eigenvalue weighted by atomic mass is 32.1. The Labute approximate surface area is 204 Å². The predicted octanol–water partition coefficient (Wildman–Crippen LogP) is 5.01. The maximum absolute atomic E-state index is 12.7. The average molecular weight is 478 g/mol. The van der Waals surface area contributed by atoms with E-state index in [1.807, 2.05) is 24.3 Å². The van der Waals surface area contributed by atoms with Crippen molar-refractivity contribution in [3.05, 3.63) is 84.4 Å². The fourth-order valence-electron chi connectivity index (χ4n) is 2.98. The first-order chi connectivity index (χ1) is 16.5. The lowest BCUT2D eigenvalue weighted by atomic mass is 10.2. The number of ether oxygens (including phenoxy) is 2. The van der Waals surface area contributed by atoms with Crippen LogP contribution in [-0.4, -0.2) is 30.1 Å². The Morgan fingerprint density at radius 1 is 0.853 bits per heavy atom. The molecule has 0 radical (unpaired) electrons. The molecule has 0 fully saturated rings. The number of rotatable bonds is 10. The Balaban J connectivity index is 1.53. The lowest BCUT2D eigenvalue weighted by molar-refractivity contribution is -0.118. The van der Waals surface area contributed by atoms with E-state index in [0.29, 0.717) is 35.0 Å². The predicted molar refractivity (Wildman–Crippen MR) is 138 cm³/mol. The largest absolute Gasteiger partial charge is 0.493 e. The molecule has 0 unspecified atom stereocenters. The molecule has 8 heteroatoms. The first-order valence-corrected chi connectivity index (χ1v) is 11.4. The van der Waals surface area contributed by atoms with E-state index < -0.39 is 0 Å². The van der Waals surface area contributed by atoms with Crippen molar-refractivity contribution in [2.24, 2.45) is 0 Å². The molecule has 34 heavy (non-hydrogen) atoms. The summed E-state index contributed by atoms with van der Waals surface area (Å²) in [6.45, 7) is 2.50. The summed E-state index contributed by atoms with van der Waals surface area (Å²) in [5, 5.41) is 8.53. The number of para-hydroxylation sites is 2. The van der Waals surface area contributed by atoms with Crippen LogP contribution in [0.15, 0.2) is 78.9 Å². The minimum absolute atomic E-state index is 0.115. The lowest BCUT2D eigenvalue weighted by Gasteiger charge is -2.13.